The van der Waals surface area contributed by atoms with Gasteiger partial charge in [-0.05, 0) is 29.8 Å². The van der Waals surface area contributed by atoms with Gasteiger partial charge in [0.25, 0.3) is 0 Å². The highest BCUT2D eigenvalue weighted by atomic mass is 79.9. The zero-order valence-corrected chi connectivity index (χ0v) is 10.8. The number of rotatable bonds is 4. The first-order chi connectivity index (χ1) is 8.25. The van der Waals surface area contributed by atoms with E-state index in [2.05, 4.69) is 20.9 Å². The average molecular weight is 293 g/mol. The van der Waals surface area contributed by atoms with Gasteiger partial charge < -0.3 is 10.5 Å². The van der Waals surface area contributed by atoms with E-state index in [1.165, 1.54) is 0 Å². The molecule has 0 fully saturated rings. The molecule has 0 radical (unpaired) electrons. The van der Waals surface area contributed by atoms with Gasteiger partial charge in [0.15, 0.2) is 0 Å². The van der Waals surface area contributed by atoms with Crippen molar-refractivity contribution in [2.24, 2.45) is 5.73 Å². The van der Waals surface area contributed by atoms with Gasteiger partial charge in [0.2, 0.25) is 0 Å². The average Bonchev–Trinajstić information content (AvgIpc) is 2.37. The van der Waals surface area contributed by atoms with Crippen molar-refractivity contribution >= 4 is 15.9 Å². The molecule has 1 aromatic heterocycles. The summed E-state index contributed by atoms with van der Waals surface area (Å²) in [5, 5.41) is 0. The number of hydrogen-bond donors (Lipinski definition) is 1. The summed E-state index contributed by atoms with van der Waals surface area (Å²) in [7, 11) is 0. The summed E-state index contributed by atoms with van der Waals surface area (Å²) >= 11 is 3.42. The number of benzene rings is 1. The van der Waals surface area contributed by atoms with Crippen LogP contribution in [0.5, 0.6) is 5.75 Å². The quantitative estimate of drug-likeness (QED) is 0.943. The molecule has 2 N–H and O–H groups in total. The van der Waals surface area contributed by atoms with Crippen molar-refractivity contribution in [3.63, 3.8) is 0 Å². The second kappa shape index (κ2) is 5.80. The van der Waals surface area contributed by atoms with Gasteiger partial charge in [-0.1, -0.05) is 28.1 Å². The van der Waals surface area contributed by atoms with Crippen LogP contribution in [0.1, 0.15) is 11.6 Å². The Labute approximate surface area is 109 Å². The monoisotopic (exact) mass is 292 g/mol. The highest BCUT2D eigenvalue weighted by molar-refractivity contribution is 9.10. The van der Waals surface area contributed by atoms with Crippen molar-refractivity contribution in [3.8, 4) is 5.75 Å². The van der Waals surface area contributed by atoms with Crippen LogP contribution in [-0.4, -0.2) is 11.6 Å². The number of nitrogens with two attached hydrogens (primary N) is 1. The number of ether oxygens (including phenoxy) is 1. The van der Waals surface area contributed by atoms with Crippen LogP contribution in [0.2, 0.25) is 0 Å². The van der Waals surface area contributed by atoms with Crippen LogP contribution < -0.4 is 10.5 Å². The number of hydrogen-bond acceptors (Lipinski definition) is 3. The maximum absolute atomic E-state index is 6.05. The highest BCUT2D eigenvalue weighted by Gasteiger charge is 2.07. The highest BCUT2D eigenvalue weighted by Crippen LogP contribution is 2.17. The molecule has 0 spiro atoms. The Morgan fingerprint density at radius 3 is 2.88 bits per heavy atom. The Kier molecular flexibility index (Phi) is 4.12. The van der Waals surface area contributed by atoms with E-state index in [1.54, 1.807) is 12.4 Å². The SMILES string of the molecule is NC(COc1cccnc1)c1cccc(Br)c1. The molecule has 4 heteroatoms. The van der Waals surface area contributed by atoms with Gasteiger partial charge in [-0.15, -0.1) is 0 Å². The molecule has 88 valence electrons. The minimum atomic E-state index is -0.146. The van der Waals surface area contributed by atoms with E-state index >= 15 is 0 Å². The molecular formula is C13H13BrN2O. The Bertz CT molecular complexity index is 476. The normalized spacial score (nSPS) is 12.1. The summed E-state index contributed by atoms with van der Waals surface area (Å²) in [5.74, 6) is 0.734. The van der Waals surface area contributed by atoms with Gasteiger partial charge in [0.05, 0.1) is 12.2 Å². The minimum Gasteiger partial charge on any atom is -0.490 e. The van der Waals surface area contributed by atoms with Gasteiger partial charge in [-0.2, -0.15) is 0 Å². The summed E-state index contributed by atoms with van der Waals surface area (Å²) in [6.07, 6.45) is 3.38. The van der Waals surface area contributed by atoms with Crippen molar-refractivity contribution in [3.05, 3.63) is 58.8 Å². The maximum atomic E-state index is 6.05. The van der Waals surface area contributed by atoms with Gasteiger partial charge in [0, 0.05) is 10.7 Å². The number of nitrogens with zero attached hydrogens (tertiary/aromatic N) is 1. The molecular weight excluding hydrogens is 280 g/mol. The maximum Gasteiger partial charge on any atom is 0.137 e. The van der Waals surface area contributed by atoms with Crippen LogP contribution in [-0.2, 0) is 0 Å². The van der Waals surface area contributed by atoms with E-state index < -0.39 is 0 Å². The lowest BCUT2D eigenvalue weighted by Crippen LogP contribution is -2.18. The fraction of sp³-hybridized carbons (Fsp3) is 0.154. The summed E-state index contributed by atoms with van der Waals surface area (Å²) < 4.78 is 6.58. The van der Waals surface area contributed by atoms with Crippen molar-refractivity contribution < 1.29 is 4.74 Å². The molecule has 0 saturated carbocycles. The Morgan fingerprint density at radius 2 is 2.18 bits per heavy atom. The van der Waals surface area contributed by atoms with E-state index in [9.17, 15) is 0 Å². The van der Waals surface area contributed by atoms with Gasteiger partial charge >= 0.3 is 0 Å². The van der Waals surface area contributed by atoms with E-state index in [0.29, 0.717) is 6.61 Å². The number of aromatic nitrogens is 1. The van der Waals surface area contributed by atoms with Gasteiger partial charge in [-0.3, -0.25) is 4.98 Å². The van der Waals surface area contributed by atoms with Crippen molar-refractivity contribution in [1.82, 2.24) is 4.98 Å². The van der Waals surface area contributed by atoms with Gasteiger partial charge in [0.1, 0.15) is 12.4 Å². The summed E-state index contributed by atoms with van der Waals surface area (Å²) in [6, 6.07) is 11.5. The molecule has 0 amide bonds. The zero-order chi connectivity index (χ0) is 12.1. The standard InChI is InChI=1S/C13H13BrN2O/c14-11-4-1-3-10(7-11)13(15)9-17-12-5-2-6-16-8-12/h1-8,13H,9,15H2. The second-order valence-corrected chi connectivity index (χ2v) is 4.58. The molecule has 1 heterocycles. The Balaban J connectivity index is 1.96. The van der Waals surface area contributed by atoms with Crippen LogP contribution in [0.25, 0.3) is 0 Å². The van der Waals surface area contributed by atoms with Crippen molar-refractivity contribution in [2.75, 3.05) is 6.61 Å². The predicted molar refractivity (Wildman–Crippen MR) is 70.8 cm³/mol. The first-order valence-corrected chi connectivity index (χ1v) is 6.09. The predicted octanol–water partition coefficient (Wildman–Crippen LogP) is 2.92. The molecule has 2 rings (SSSR count). The smallest absolute Gasteiger partial charge is 0.137 e. The second-order valence-electron chi connectivity index (χ2n) is 3.66. The summed E-state index contributed by atoms with van der Waals surface area (Å²) in [4.78, 5) is 3.98. The lowest BCUT2D eigenvalue weighted by atomic mass is 10.1. The fourth-order valence-corrected chi connectivity index (χ4v) is 1.87. The molecule has 1 aromatic carbocycles. The molecule has 1 unspecified atom stereocenters. The Morgan fingerprint density at radius 1 is 1.29 bits per heavy atom. The minimum absolute atomic E-state index is 0.146. The molecule has 17 heavy (non-hydrogen) atoms. The van der Waals surface area contributed by atoms with E-state index in [1.807, 2.05) is 36.4 Å². The lowest BCUT2D eigenvalue weighted by Gasteiger charge is -2.13. The molecule has 1 atom stereocenters. The van der Waals surface area contributed by atoms with Crippen molar-refractivity contribution in [1.29, 1.82) is 0 Å². The van der Waals surface area contributed by atoms with Crippen LogP contribution in [0.15, 0.2) is 53.3 Å². The third-order valence-electron chi connectivity index (χ3n) is 2.34. The van der Waals surface area contributed by atoms with E-state index in [0.717, 1.165) is 15.8 Å². The molecule has 0 aliphatic carbocycles. The first kappa shape index (κ1) is 12.1. The topological polar surface area (TPSA) is 48.1 Å². The number of halogens is 1. The largest absolute Gasteiger partial charge is 0.490 e. The van der Waals surface area contributed by atoms with E-state index in [4.69, 9.17) is 10.5 Å². The van der Waals surface area contributed by atoms with Crippen LogP contribution in [0, 0.1) is 0 Å². The van der Waals surface area contributed by atoms with Crippen molar-refractivity contribution in [2.45, 2.75) is 6.04 Å². The third kappa shape index (κ3) is 3.54. The lowest BCUT2D eigenvalue weighted by molar-refractivity contribution is 0.289. The zero-order valence-electron chi connectivity index (χ0n) is 9.21. The molecule has 0 saturated heterocycles. The van der Waals surface area contributed by atoms with Gasteiger partial charge in [-0.25, -0.2) is 0 Å². The fourth-order valence-electron chi connectivity index (χ4n) is 1.45. The van der Waals surface area contributed by atoms with Crippen LogP contribution in [0.4, 0.5) is 0 Å². The number of pyridine rings is 1. The molecule has 0 bridgehead atoms. The third-order valence-corrected chi connectivity index (χ3v) is 2.83. The summed E-state index contributed by atoms with van der Waals surface area (Å²) in [6.45, 7) is 0.433. The first-order valence-electron chi connectivity index (χ1n) is 5.29. The van der Waals surface area contributed by atoms with E-state index in [-0.39, 0.29) is 6.04 Å². The molecule has 2 aromatic rings. The van der Waals surface area contributed by atoms with Crippen LogP contribution >= 0.6 is 15.9 Å². The molecule has 3 nitrogen and oxygen atoms in total. The summed E-state index contributed by atoms with van der Waals surface area (Å²) in [5.41, 5.74) is 7.09. The molecule has 0 aliphatic heterocycles. The molecule has 0 aliphatic rings. The Hall–Kier alpha value is -1.39. The van der Waals surface area contributed by atoms with Crippen LogP contribution in [0.3, 0.4) is 0 Å².